The molecule has 0 aromatic heterocycles. The van der Waals surface area contributed by atoms with Crippen LogP contribution < -0.4 is 14.8 Å². The number of methoxy groups -OCH3 is 1. The van der Waals surface area contributed by atoms with Crippen molar-refractivity contribution >= 4 is 23.1 Å². The molecule has 2 aromatic rings. The van der Waals surface area contributed by atoms with Gasteiger partial charge in [0.15, 0.2) is 11.5 Å². The van der Waals surface area contributed by atoms with E-state index in [0.717, 1.165) is 56.8 Å². The van der Waals surface area contributed by atoms with Crippen molar-refractivity contribution in [3.8, 4) is 11.5 Å². The molecule has 0 amide bonds. The smallest absolute Gasteiger partial charge is 0.161 e. The lowest BCUT2D eigenvalue weighted by molar-refractivity contribution is 0.0357. The number of aliphatic imine (C=N–C) groups is 1. The molecule has 0 bridgehead atoms. The summed E-state index contributed by atoms with van der Waals surface area (Å²) < 4.78 is 30.7. The fraction of sp³-hybridized carbons (Fsp3) is 0.423. The molecule has 1 fully saturated rings. The van der Waals surface area contributed by atoms with Gasteiger partial charge in [0.05, 0.1) is 32.0 Å². The summed E-state index contributed by atoms with van der Waals surface area (Å²) >= 11 is 5.98. The quantitative estimate of drug-likeness (QED) is 0.264. The number of ether oxygens (including phenoxy) is 3. The average molecular weight is 490 g/mol. The maximum Gasteiger partial charge on any atom is 0.161 e. The van der Waals surface area contributed by atoms with Gasteiger partial charge >= 0.3 is 0 Å². The monoisotopic (exact) mass is 489 g/mol. The molecule has 0 radical (unpaired) electrons. The zero-order valence-corrected chi connectivity index (χ0v) is 20.8. The highest BCUT2D eigenvalue weighted by atomic mass is 35.5. The molecule has 6 nitrogen and oxygen atoms in total. The van der Waals surface area contributed by atoms with Crippen LogP contribution in [0.5, 0.6) is 11.5 Å². The normalized spacial score (nSPS) is 15.0. The number of hydrogen-bond acceptors (Lipinski definition) is 5. The second-order valence-electron chi connectivity index (χ2n) is 8.00. The lowest BCUT2D eigenvalue weighted by Gasteiger charge is -2.26. The van der Waals surface area contributed by atoms with Gasteiger partial charge in [0.2, 0.25) is 0 Å². The van der Waals surface area contributed by atoms with E-state index in [0.29, 0.717) is 29.6 Å². The van der Waals surface area contributed by atoms with Gasteiger partial charge in [0.1, 0.15) is 11.7 Å². The van der Waals surface area contributed by atoms with Crippen molar-refractivity contribution in [3.63, 3.8) is 0 Å². The molecule has 1 N–H and O–H groups in total. The Morgan fingerprint density at radius 3 is 2.74 bits per heavy atom. The minimum absolute atomic E-state index is 0.0455. The Morgan fingerprint density at radius 2 is 2.03 bits per heavy atom. The predicted molar refractivity (Wildman–Crippen MR) is 136 cm³/mol. The molecule has 8 heteroatoms. The molecule has 1 aliphatic rings. The fourth-order valence-electron chi connectivity index (χ4n) is 3.60. The topological polar surface area (TPSA) is 55.3 Å². The largest absolute Gasteiger partial charge is 0.493 e. The summed E-state index contributed by atoms with van der Waals surface area (Å²) in [5, 5.41) is 3.32. The first kappa shape index (κ1) is 26.0. The lowest BCUT2D eigenvalue weighted by Crippen LogP contribution is -2.37. The second kappa shape index (κ2) is 13.3. The average Bonchev–Trinajstić information content (AvgIpc) is 2.84. The zero-order chi connectivity index (χ0) is 24.3. The Labute approximate surface area is 206 Å². The predicted octanol–water partition coefficient (Wildman–Crippen LogP) is 5.68. The molecule has 34 heavy (non-hydrogen) atoms. The molecule has 3 rings (SSSR count). The molecule has 184 valence electrons. The molecule has 0 spiro atoms. The number of amidine groups is 1. The molecule has 0 aliphatic carbocycles. The van der Waals surface area contributed by atoms with Crippen LogP contribution in [-0.2, 0) is 4.74 Å². The van der Waals surface area contributed by atoms with Crippen LogP contribution in [0.3, 0.4) is 0 Å². The molecule has 0 unspecified atom stereocenters. The van der Waals surface area contributed by atoms with Crippen LogP contribution in [0, 0.1) is 12.7 Å². The van der Waals surface area contributed by atoms with E-state index in [2.05, 4.69) is 15.2 Å². The second-order valence-corrected chi connectivity index (χ2v) is 8.41. The van der Waals surface area contributed by atoms with Crippen molar-refractivity contribution in [1.82, 2.24) is 4.90 Å². The Kier molecular flexibility index (Phi) is 10.2. The van der Waals surface area contributed by atoms with Crippen LogP contribution >= 0.6 is 11.6 Å². The van der Waals surface area contributed by atoms with Gasteiger partial charge in [-0.2, -0.15) is 0 Å². The van der Waals surface area contributed by atoms with Crippen LogP contribution in [0.15, 0.2) is 47.6 Å². The van der Waals surface area contributed by atoms with Gasteiger partial charge in [-0.15, -0.1) is 0 Å². The van der Waals surface area contributed by atoms with E-state index in [9.17, 15) is 4.39 Å². The van der Waals surface area contributed by atoms with Crippen molar-refractivity contribution in [2.45, 2.75) is 26.7 Å². The number of rotatable bonds is 10. The summed E-state index contributed by atoms with van der Waals surface area (Å²) in [4.78, 5) is 7.00. The van der Waals surface area contributed by atoms with Gasteiger partial charge in [0, 0.05) is 37.1 Å². The highest BCUT2D eigenvalue weighted by molar-refractivity contribution is 6.31. The number of anilines is 1. The van der Waals surface area contributed by atoms with Crippen molar-refractivity contribution in [2.75, 3.05) is 51.9 Å². The molecule has 0 atom stereocenters. The van der Waals surface area contributed by atoms with Crippen molar-refractivity contribution < 1.29 is 18.6 Å². The van der Waals surface area contributed by atoms with Gasteiger partial charge in [-0.05, 0) is 55.7 Å². The van der Waals surface area contributed by atoms with E-state index >= 15 is 0 Å². The Morgan fingerprint density at radius 1 is 1.24 bits per heavy atom. The number of hydrogen-bond donors (Lipinski definition) is 1. The van der Waals surface area contributed by atoms with Gasteiger partial charge in [-0.3, -0.25) is 4.90 Å². The molecular weight excluding hydrogens is 457 g/mol. The van der Waals surface area contributed by atoms with Crippen LogP contribution in [-0.4, -0.2) is 57.3 Å². The lowest BCUT2D eigenvalue weighted by atomic mass is 10.1. The van der Waals surface area contributed by atoms with Gasteiger partial charge < -0.3 is 19.5 Å². The van der Waals surface area contributed by atoms with Gasteiger partial charge in [-0.25, -0.2) is 9.38 Å². The van der Waals surface area contributed by atoms with Crippen LogP contribution in [0.2, 0.25) is 5.02 Å². The maximum absolute atomic E-state index is 13.6. The van der Waals surface area contributed by atoms with Crippen LogP contribution in [0.4, 0.5) is 10.1 Å². The highest BCUT2D eigenvalue weighted by Gasteiger charge is 2.15. The number of nitrogens with one attached hydrogen (secondary N) is 1. The third-order valence-corrected chi connectivity index (χ3v) is 5.76. The summed E-state index contributed by atoms with van der Waals surface area (Å²) in [6, 6.07) is 8.36. The molecular formula is C26H33ClFN3O3. The third kappa shape index (κ3) is 7.45. The van der Waals surface area contributed by atoms with Crippen molar-refractivity contribution in [1.29, 1.82) is 0 Å². The molecule has 0 saturated carbocycles. The Bertz CT molecular complexity index is 1010. The summed E-state index contributed by atoms with van der Waals surface area (Å²) in [5.74, 6) is 1.45. The molecule has 2 aromatic carbocycles. The van der Waals surface area contributed by atoms with E-state index in [-0.39, 0.29) is 5.02 Å². The highest BCUT2D eigenvalue weighted by Crippen LogP contribution is 2.32. The first-order valence-corrected chi connectivity index (χ1v) is 12.0. The molecule has 1 saturated heterocycles. The van der Waals surface area contributed by atoms with E-state index in [1.54, 1.807) is 19.4 Å². The number of aryl methyl sites for hydroxylation is 1. The summed E-state index contributed by atoms with van der Waals surface area (Å²) in [7, 11) is 1.63. The van der Waals surface area contributed by atoms with Crippen LogP contribution in [0.1, 0.15) is 30.9 Å². The fourth-order valence-corrected chi connectivity index (χ4v) is 3.78. The number of allylic oxidation sites excluding steroid dienone is 1. The Balaban J connectivity index is 1.80. The van der Waals surface area contributed by atoms with Gasteiger partial charge in [-0.1, -0.05) is 24.6 Å². The molecule has 1 heterocycles. The van der Waals surface area contributed by atoms with E-state index in [4.69, 9.17) is 25.8 Å². The third-order valence-electron chi connectivity index (χ3n) is 5.47. The minimum atomic E-state index is -0.468. The van der Waals surface area contributed by atoms with Crippen molar-refractivity contribution in [3.05, 3.63) is 64.6 Å². The van der Waals surface area contributed by atoms with E-state index in [1.165, 1.54) is 12.1 Å². The zero-order valence-electron chi connectivity index (χ0n) is 20.1. The van der Waals surface area contributed by atoms with Crippen molar-refractivity contribution in [2.24, 2.45) is 4.99 Å². The van der Waals surface area contributed by atoms with E-state index in [1.807, 2.05) is 32.1 Å². The van der Waals surface area contributed by atoms with Crippen LogP contribution in [0.25, 0.3) is 0 Å². The SMILES string of the molecule is CC/C=C/N=C(/Nc1ccc(F)c(Cl)c1)c1cc(OCCCN2CCOCC2)c(OC)cc1C. The Hall–Kier alpha value is -2.61. The number of nitrogens with zero attached hydrogens (tertiary/aromatic N) is 2. The number of halogens is 2. The van der Waals surface area contributed by atoms with E-state index < -0.39 is 5.82 Å². The van der Waals surface area contributed by atoms with Gasteiger partial charge in [0.25, 0.3) is 0 Å². The number of morpholine rings is 1. The summed E-state index contributed by atoms with van der Waals surface area (Å²) in [6.07, 6.45) is 5.47. The summed E-state index contributed by atoms with van der Waals surface area (Å²) in [5.41, 5.74) is 2.45. The number of benzene rings is 2. The standard InChI is InChI=1S/C26H33ClFN3O3/c1-4-5-9-29-26(30-20-7-8-23(28)22(27)17-20)21-18-25(24(32-3)16-19(21)2)34-13-6-10-31-11-14-33-15-12-31/h5,7-9,16-18H,4,6,10-15H2,1-3H3,(H,29,30)/b9-5+. The minimum Gasteiger partial charge on any atom is -0.493 e. The summed E-state index contributed by atoms with van der Waals surface area (Å²) in [6.45, 7) is 9.06. The molecule has 1 aliphatic heterocycles. The maximum atomic E-state index is 13.6. The first-order chi connectivity index (χ1) is 16.5. The first-order valence-electron chi connectivity index (χ1n) is 11.6.